The Bertz CT molecular complexity index is 1100. The summed E-state index contributed by atoms with van der Waals surface area (Å²) in [4.78, 5) is 6.80. The van der Waals surface area contributed by atoms with Crippen LogP contribution in [0, 0.1) is 6.92 Å². The Balaban J connectivity index is 1.90. The Morgan fingerprint density at radius 1 is 1.04 bits per heavy atom. The van der Waals surface area contributed by atoms with Crippen LogP contribution in [-0.4, -0.2) is 28.0 Å². The zero-order valence-electron chi connectivity index (χ0n) is 14.7. The fourth-order valence-corrected chi connectivity index (χ4v) is 4.17. The van der Waals surface area contributed by atoms with Crippen LogP contribution < -0.4 is 0 Å². The predicted molar refractivity (Wildman–Crippen MR) is 103 cm³/mol. The highest BCUT2D eigenvalue weighted by Gasteiger charge is 2.23. The molecule has 0 fully saturated rings. The predicted octanol–water partition coefficient (Wildman–Crippen LogP) is 4.48. The van der Waals surface area contributed by atoms with Crippen molar-refractivity contribution in [1.29, 1.82) is 0 Å². The number of hydrogen-bond acceptors (Lipinski definition) is 2. The zero-order chi connectivity index (χ0) is 17.0. The van der Waals surface area contributed by atoms with Crippen LogP contribution in [0.2, 0.25) is 0 Å². The molecule has 0 atom stereocenters. The summed E-state index contributed by atoms with van der Waals surface area (Å²) in [5.41, 5.74) is 6.80. The second-order valence-corrected chi connectivity index (χ2v) is 7.14. The van der Waals surface area contributed by atoms with Crippen molar-refractivity contribution < 1.29 is 0 Å². The van der Waals surface area contributed by atoms with Crippen LogP contribution in [0.3, 0.4) is 0 Å². The molecule has 0 saturated carbocycles. The van der Waals surface area contributed by atoms with E-state index < -0.39 is 0 Å². The number of fused-ring (bicyclic) bond motifs is 4. The Labute approximate surface area is 147 Å². The van der Waals surface area contributed by atoms with Crippen molar-refractivity contribution in [2.75, 3.05) is 13.6 Å². The number of benzene rings is 2. The van der Waals surface area contributed by atoms with E-state index in [9.17, 15) is 0 Å². The van der Waals surface area contributed by atoms with E-state index in [0.717, 1.165) is 19.5 Å². The first-order valence-electron chi connectivity index (χ1n) is 8.87. The summed E-state index contributed by atoms with van der Waals surface area (Å²) >= 11 is 0. The minimum atomic E-state index is 1.02. The Kier molecular flexibility index (Phi) is 3.19. The van der Waals surface area contributed by atoms with Gasteiger partial charge in [0.1, 0.15) is 0 Å². The quantitative estimate of drug-likeness (QED) is 0.514. The molecule has 3 heteroatoms. The van der Waals surface area contributed by atoms with Crippen molar-refractivity contribution in [1.82, 2.24) is 14.5 Å². The number of pyridine rings is 1. The normalized spacial score (nSPS) is 15.0. The summed E-state index contributed by atoms with van der Waals surface area (Å²) in [5.74, 6) is 0. The van der Waals surface area contributed by atoms with Crippen LogP contribution >= 0.6 is 0 Å². The first-order chi connectivity index (χ1) is 12.2. The molecule has 2 aromatic carbocycles. The smallest absolute Gasteiger partial charge is 0.0552 e. The fraction of sp³-hybridized carbons (Fsp3) is 0.227. The third kappa shape index (κ3) is 2.19. The van der Waals surface area contributed by atoms with Crippen LogP contribution in [-0.2, 0) is 13.0 Å². The van der Waals surface area contributed by atoms with E-state index in [0.29, 0.717) is 0 Å². The standard InChI is InChI=1S/C22H21N3/c1-15-6-7-21-17(12-15)19-14-24(2)11-9-22(19)25(21)20-5-3-4-16-8-10-23-13-18(16)20/h3-8,10,12-13H,9,11,14H2,1-2H3. The third-order valence-corrected chi connectivity index (χ3v) is 5.40. The van der Waals surface area contributed by atoms with Crippen LogP contribution in [0.15, 0.2) is 54.9 Å². The monoisotopic (exact) mass is 327 g/mol. The van der Waals surface area contributed by atoms with Crippen molar-refractivity contribution >= 4 is 21.7 Å². The van der Waals surface area contributed by atoms with Gasteiger partial charge in [-0.2, -0.15) is 0 Å². The number of rotatable bonds is 1. The highest BCUT2D eigenvalue weighted by molar-refractivity contribution is 5.94. The second-order valence-electron chi connectivity index (χ2n) is 7.14. The van der Waals surface area contributed by atoms with Crippen molar-refractivity contribution in [3.05, 3.63) is 71.7 Å². The summed E-state index contributed by atoms with van der Waals surface area (Å²) in [6.45, 7) is 4.30. The van der Waals surface area contributed by atoms with E-state index in [1.807, 2.05) is 12.4 Å². The number of aromatic nitrogens is 2. The lowest BCUT2D eigenvalue weighted by molar-refractivity contribution is 0.311. The lowest BCUT2D eigenvalue weighted by Gasteiger charge is -2.24. The number of nitrogens with zero attached hydrogens (tertiary/aromatic N) is 3. The summed E-state index contributed by atoms with van der Waals surface area (Å²) in [7, 11) is 2.21. The summed E-state index contributed by atoms with van der Waals surface area (Å²) in [5, 5.41) is 3.84. The minimum absolute atomic E-state index is 1.02. The van der Waals surface area contributed by atoms with Gasteiger partial charge >= 0.3 is 0 Å². The van der Waals surface area contributed by atoms with Crippen molar-refractivity contribution in [3.63, 3.8) is 0 Å². The van der Waals surface area contributed by atoms with Crippen LogP contribution in [0.1, 0.15) is 16.8 Å². The Morgan fingerprint density at radius 2 is 1.96 bits per heavy atom. The molecule has 124 valence electrons. The third-order valence-electron chi connectivity index (χ3n) is 5.40. The molecule has 0 bridgehead atoms. The molecule has 1 aliphatic rings. The maximum absolute atomic E-state index is 4.38. The fourth-order valence-electron chi connectivity index (χ4n) is 4.17. The molecule has 4 aromatic rings. The zero-order valence-corrected chi connectivity index (χ0v) is 14.7. The van der Waals surface area contributed by atoms with Crippen LogP contribution in [0.5, 0.6) is 0 Å². The van der Waals surface area contributed by atoms with Crippen molar-refractivity contribution in [3.8, 4) is 5.69 Å². The molecule has 0 spiro atoms. The van der Waals surface area contributed by atoms with Gasteiger partial charge in [0.15, 0.2) is 0 Å². The number of likely N-dealkylation sites (N-methyl/N-ethyl adjacent to an activating group) is 1. The topological polar surface area (TPSA) is 21.1 Å². The first-order valence-corrected chi connectivity index (χ1v) is 8.87. The van der Waals surface area contributed by atoms with Gasteiger partial charge in [-0.1, -0.05) is 23.8 Å². The van der Waals surface area contributed by atoms with E-state index in [1.54, 1.807) is 0 Å². The summed E-state index contributed by atoms with van der Waals surface area (Å²) in [6.07, 6.45) is 4.94. The minimum Gasteiger partial charge on any atom is -0.313 e. The van der Waals surface area contributed by atoms with Crippen molar-refractivity contribution in [2.24, 2.45) is 0 Å². The lowest BCUT2D eigenvalue weighted by atomic mass is 10.0. The molecule has 5 rings (SSSR count). The average molecular weight is 327 g/mol. The maximum atomic E-state index is 4.38. The maximum Gasteiger partial charge on any atom is 0.0552 e. The average Bonchev–Trinajstić information content (AvgIpc) is 2.94. The molecular formula is C22H21N3. The molecule has 3 nitrogen and oxygen atoms in total. The molecular weight excluding hydrogens is 306 g/mol. The van der Waals surface area contributed by atoms with Crippen LogP contribution in [0.25, 0.3) is 27.4 Å². The second kappa shape index (κ2) is 5.43. The molecule has 0 N–H and O–H groups in total. The van der Waals surface area contributed by atoms with Crippen molar-refractivity contribution in [2.45, 2.75) is 19.9 Å². The number of aryl methyl sites for hydroxylation is 1. The molecule has 3 heterocycles. The van der Waals surface area contributed by atoms with Gasteiger partial charge in [0, 0.05) is 48.4 Å². The Morgan fingerprint density at radius 3 is 2.88 bits per heavy atom. The molecule has 2 aromatic heterocycles. The Hall–Kier alpha value is -2.65. The van der Waals surface area contributed by atoms with Gasteiger partial charge in [-0.3, -0.25) is 4.98 Å². The molecule has 0 aliphatic carbocycles. The highest BCUT2D eigenvalue weighted by Crippen LogP contribution is 2.35. The first kappa shape index (κ1) is 14.7. The molecule has 0 unspecified atom stereocenters. The van der Waals surface area contributed by atoms with Gasteiger partial charge in [-0.05, 0) is 49.2 Å². The van der Waals surface area contributed by atoms with Gasteiger partial charge in [0.05, 0.1) is 11.2 Å². The van der Waals surface area contributed by atoms with Gasteiger partial charge in [0.2, 0.25) is 0 Å². The molecule has 0 radical (unpaired) electrons. The SMILES string of the molecule is Cc1ccc2c(c1)c1c(n2-c2cccc3ccncc23)CCN(C)C1. The van der Waals surface area contributed by atoms with Gasteiger partial charge in [-0.15, -0.1) is 0 Å². The number of hydrogen-bond donors (Lipinski definition) is 0. The summed E-state index contributed by atoms with van der Waals surface area (Å²) in [6, 6.07) is 15.5. The highest BCUT2D eigenvalue weighted by atomic mass is 15.1. The van der Waals surface area contributed by atoms with E-state index in [1.165, 1.54) is 44.2 Å². The van der Waals surface area contributed by atoms with Gasteiger partial charge < -0.3 is 9.47 Å². The molecule has 25 heavy (non-hydrogen) atoms. The van der Waals surface area contributed by atoms with E-state index in [2.05, 4.69) is 70.9 Å². The van der Waals surface area contributed by atoms with Gasteiger partial charge in [-0.25, -0.2) is 0 Å². The van der Waals surface area contributed by atoms with Gasteiger partial charge in [0.25, 0.3) is 0 Å². The summed E-state index contributed by atoms with van der Waals surface area (Å²) < 4.78 is 2.47. The van der Waals surface area contributed by atoms with E-state index in [-0.39, 0.29) is 0 Å². The molecule has 1 aliphatic heterocycles. The molecule has 0 saturated heterocycles. The largest absolute Gasteiger partial charge is 0.313 e. The lowest BCUT2D eigenvalue weighted by Crippen LogP contribution is -2.27. The van der Waals surface area contributed by atoms with Crippen LogP contribution in [0.4, 0.5) is 0 Å². The van der Waals surface area contributed by atoms with E-state index >= 15 is 0 Å². The molecule has 0 amide bonds. The van der Waals surface area contributed by atoms with E-state index in [4.69, 9.17) is 0 Å².